The van der Waals surface area contributed by atoms with E-state index >= 15 is 0 Å². The van der Waals surface area contributed by atoms with Crippen LogP contribution in [0, 0.1) is 0 Å². The van der Waals surface area contributed by atoms with Crippen molar-refractivity contribution in [2.75, 3.05) is 19.8 Å². The lowest BCUT2D eigenvalue weighted by Gasteiger charge is -2.09. The van der Waals surface area contributed by atoms with E-state index in [0.29, 0.717) is 31.9 Å². The number of rotatable bonds is 8. The first kappa shape index (κ1) is 14.3. The zero-order valence-corrected chi connectivity index (χ0v) is 10.2. The average molecular weight is 253 g/mol. The van der Waals surface area contributed by atoms with Crippen LogP contribution < -0.4 is 5.32 Å². The molecule has 0 heterocycles. The molecular weight excluding hydrogens is 234 g/mol. The van der Waals surface area contributed by atoms with Gasteiger partial charge in [0.05, 0.1) is 13.2 Å². The molecule has 0 aliphatic rings. The Kier molecular flexibility index (Phi) is 6.04. The summed E-state index contributed by atoms with van der Waals surface area (Å²) in [5.74, 6) is -1.12. The average Bonchev–Trinajstić information content (AvgIpc) is 2.37. The predicted octanol–water partition coefficient (Wildman–Crippen LogP) is 1.49. The van der Waals surface area contributed by atoms with E-state index in [1.54, 1.807) is 12.1 Å². The summed E-state index contributed by atoms with van der Waals surface area (Å²) in [7, 11) is 0. The molecule has 18 heavy (non-hydrogen) atoms. The quantitative estimate of drug-likeness (QED) is 0.320. The minimum absolute atomic E-state index is 0.296. The van der Waals surface area contributed by atoms with E-state index in [-0.39, 0.29) is 11.5 Å². The summed E-state index contributed by atoms with van der Waals surface area (Å²) in [5, 5.41) is 31.1. The van der Waals surface area contributed by atoms with Gasteiger partial charge >= 0.3 is 0 Å². The van der Waals surface area contributed by atoms with Crippen molar-refractivity contribution in [3.63, 3.8) is 0 Å². The van der Waals surface area contributed by atoms with Crippen molar-refractivity contribution >= 4 is 0 Å². The smallest absolute Gasteiger partial charge is 0.200 e. The fourth-order valence-electron chi connectivity index (χ4n) is 1.39. The van der Waals surface area contributed by atoms with Gasteiger partial charge < -0.3 is 25.4 Å². The van der Waals surface area contributed by atoms with Crippen LogP contribution in [0.2, 0.25) is 0 Å². The lowest BCUT2D eigenvalue weighted by Crippen LogP contribution is -2.19. The van der Waals surface area contributed by atoms with Crippen LogP contribution in [0.4, 0.5) is 0 Å². The van der Waals surface area contributed by atoms with E-state index in [4.69, 9.17) is 9.84 Å². The zero-order valence-electron chi connectivity index (χ0n) is 10.2. The minimum atomic E-state index is -0.489. The van der Waals surface area contributed by atoms with Crippen molar-refractivity contribution in [3.8, 4) is 17.2 Å². The van der Waals surface area contributed by atoms with Crippen LogP contribution in [0.5, 0.6) is 17.2 Å². The highest BCUT2D eigenvalue weighted by atomic mass is 16.5. The van der Waals surface area contributed by atoms with E-state index < -0.39 is 5.75 Å². The molecule has 0 aromatic heterocycles. The molecule has 4 N–H and O–H groups in total. The van der Waals surface area contributed by atoms with E-state index in [1.165, 1.54) is 6.07 Å². The Balaban J connectivity index is 2.27. The first-order chi connectivity index (χ1) is 8.66. The van der Waals surface area contributed by atoms with Crippen molar-refractivity contribution in [1.29, 1.82) is 0 Å². The Labute approximate surface area is 106 Å². The van der Waals surface area contributed by atoms with Crippen molar-refractivity contribution in [3.05, 3.63) is 30.4 Å². The van der Waals surface area contributed by atoms with Crippen LogP contribution in [0.15, 0.2) is 24.8 Å². The van der Waals surface area contributed by atoms with E-state index in [9.17, 15) is 10.2 Å². The normalized spacial score (nSPS) is 10.4. The summed E-state index contributed by atoms with van der Waals surface area (Å²) in [6, 6.07) is 2.89. The van der Waals surface area contributed by atoms with Crippen molar-refractivity contribution < 1.29 is 20.1 Å². The molecule has 0 unspecified atom stereocenters. The Bertz CT molecular complexity index is 393. The van der Waals surface area contributed by atoms with E-state index in [1.807, 2.05) is 0 Å². The van der Waals surface area contributed by atoms with Gasteiger partial charge in [0, 0.05) is 18.7 Å². The third kappa shape index (κ3) is 4.27. The molecule has 0 aliphatic heterocycles. The predicted molar refractivity (Wildman–Crippen MR) is 68.8 cm³/mol. The van der Waals surface area contributed by atoms with Crippen LogP contribution >= 0.6 is 0 Å². The third-order valence-corrected chi connectivity index (χ3v) is 2.42. The molecule has 0 aliphatic carbocycles. The van der Waals surface area contributed by atoms with Crippen LogP contribution in [0.1, 0.15) is 12.0 Å². The number of phenols is 3. The van der Waals surface area contributed by atoms with Gasteiger partial charge in [-0.3, -0.25) is 0 Å². The second-order valence-electron chi connectivity index (χ2n) is 3.81. The lowest BCUT2D eigenvalue weighted by atomic mass is 10.1. The summed E-state index contributed by atoms with van der Waals surface area (Å²) in [6.45, 7) is 5.84. The summed E-state index contributed by atoms with van der Waals surface area (Å²) in [5.41, 5.74) is 0.524. The van der Waals surface area contributed by atoms with Crippen molar-refractivity contribution in [1.82, 2.24) is 5.32 Å². The SMILES string of the molecule is C=CCCOCCNCc1ccc(O)c(O)c1O. The Morgan fingerprint density at radius 1 is 1.17 bits per heavy atom. The van der Waals surface area contributed by atoms with Gasteiger partial charge in [-0.25, -0.2) is 0 Å². The maximum atomic E-state index is 9.56. The third-order valence-electron chi connectivity index (χ3n) is 2.42. The molecule has 1 rings (SSSR count). The number of hydrogen-bond donors (Lipinski definition) is 4. The van der Waals surface area contributed by atoms with Gasteiger partial charge in [0.15, 0.2) is 11.5 Å². The van der Waals surface area contributed by atoms with Gasteiger partial charge in [0.25, 0.3) is 0 Å². The van der Waals surface area contributed by atoms with Gasteiger partial charge in [-0.1, -0.05) is 12.1 Å². The number of aromatic hydroxyl groups is 3. The van der Waals surface area contributed by atoms with Gasteiger partial charge in [0.2, 0.25) is 5.75 Å². The fraction of sp³-hybridized carbons (Fsp3) is 0.385. The molecule has 100 valence electrons. The summed E-state index contributed by atoms with van der Waals surface area (Å²) < 4.78 is 5.30. The fourth-order valence-corrected chi connectivity index (χ4v) is 1.39. The number of benzene rings is 1. The summed E-state index contributed by atoms with van der Waals surface area (Å²) >= 11 is 0. The molecule has 1 aromatic rings. The molecule has 0 saturated heterocycles. The Hall–Kier alpha value is -1.72. The molecule has 0 saturated carbocycles. The van der Waals surface area contributed by atoms with Crippen LogP contribution in [-0.4, -0.2) is 35.1 Å². The molecule has 0 fully saturated rings. The van der Waals surface area contributed by atoms with E-state index in [0.717, 1.165) is 6.42 Å². The molecule has 0 bridgehead atoms. The number of nitrogens with one attached hydrogen (secondary N) is 1. The van der Waals surface area contributed by atoms with Crippen molar-refractivity contribution in [2.24, 2.45) is 0 Å². The molecule has 5 nitrogen and oxygen atoms in total. The van der Waals surface area contributed by atoms with Crippen molar-refractivity contribution in [2.45, 2.75) is 13.0 Å². The zero-order chi connectivity index (χ0) is 13.4. The molecule has 0 spiro atoms. The van der Waals surface area contributed by atoms with Gasteiger partial charge in [-0.05, 0) is 12.5 Å². The molecule has 0 radical (unpaired) electrons. The topological polar surface area (TPSA) is 82.0 Å². The second-order valence-corrected chi connectivity index (χ2v) is 3.81. The molecule has 0 amide bonds. The molecule has 5 heteroatoms. The van der Waals surface area contributed by atoms with Crippen LogP contribution in [0.3, 0.4) is 0 Å². The Morgan fingerprint density at radius 2 is 1.94 bits per heavy atom. The lowest BCUT2D eigenvalue weighted by molar-refractivity contribution is 0.140. The van der Waals surface area contributed by atoms with Crippen LogP contribution in [0.25, 0.3) is 0 Å². The highest BCUT2D eigenvalue weighted by Gasteiger charge is 2.10. The van der Waals surface area contributed by atoms with Crippen LogP contribution in [-0.2, 0) is 11.3 Å². The number of phenolic OH excluding ortho intramolecular Hbond substituents is 3. The number of hydrogen-bond acceptors (Lipinski definition) is 5. The molecule has 0 atom stereocenters. The summed E-state index contributed by atoms with van der Waals surface area (Å²) in [4.78, 5) is 0. The van der Waals surface area contributed by atoms with Gasteiger partial charge in [-0.15, -0.1) is 6.58 Å². The summed E-state index contributed by atoms with van der Waals surface area (Å²) in [6.07, 6.45) is 2.62. The van der Waals surface area contributed by atoms with Gasteiger partial charge in [-0.2, -0.15) is 0 Å². The number of ether oxygens (including phenoxy) is 1. The largest absolute Gasteiger partial charge is 0.504 e. The minimum Gasteiger partial charge on any atom is -0.504 e. The maximum absolute atomic E-state index is 9.56. The monoisotopic (exact) mass is 253 g/mol. The highest BCUT2D eigenvalue weighted by molar-refractivity contribution is 5.52. The maximum Gasteiger partial charge on any atom is 0.200 e. The van der Waals surface area contributed by atoms with E-state index in [2.05, 4.69) is 11.9 Å². The molecular formula is C13H19NO4. The first-order valence-electron chi connectivity index (χ1n) is 5.79. The highest BCUT2D eigenvalue weighted by Crippen LogP contribution is 2.36. The second kappa shape index (κ2) is 7.58. The Morgan fingerprint density at radius 3 is 2.67 bits per heavy atom. The standard InChI is InChI=1S/C13H19NO4/c1-2-3-7-18-8-6-14-9-10-4-5-11(15)13(17)12(10)16/h2,4-5,14-17H,1,3,6-9H2. The molecule has 1 aromatic carbocycles. The van der Waals surface area contributed by atoms with Gasteiger partial charge in [0.1, 0.15) is 0 Å². The first-order valence-corrected chi connectivity index (χ1v) is 5.79.